The van der Waals surface area contributed by atoms with Crippen LogP contribution in [0.2, 0.25) is 0 Å². The summed E-state index contributed by atoms with van der Waals surface area (Å²) in [4.78, 5) is 28.1. The van der Waals surface area contributed by atoms with Crippen molar-refractivity contribution in [1.82, 2.24) is 4.72 Å². The third-order valence-corrected chi connectivity index (χ3v) is 8.53. The molecule has 230 valence electrons. The molecule has 0 spiro atoms. The first kappa shape index (κ1) is 30.7. The molecule has 2 amide bonds. The molecule has 44 heavy (non-hydrogen) atoms. The largest absolute Gasteiger partial charge is 0.493 e. The molecule has 0 fully saturated rings. The van der Waals surface area contributed by atoms with E-state index in [-0.39, 0.29) is 18.9 Å². The van der Waals surface area contributed by atoms with Crippen molar-refractivity contribution in [2.45, 2.75) is 32.6 Å². The van der Waals surface area contributed by atoms with Crippen LogP contribution >= 0.6 is 0 Å². The highest BCUT2D eigenvalue weighted by Crippen LogP contribution is 2.46. The van der Waals surface area contributed by atoms with Crippen molar-refractivity contribution in [3.05, 3.63) is 89.0 Å². The number of sulfonamides is 1. The predicted octanol–water partition coefficient (Wildman–Crippen LogP) is 5.00. The Labute approximate surface area is 256 Å². The minimum atomic E-state index is -4.01. The van der Waals surface area contributed by atoms with Crippen LogP contribution in [0, 0.1) is 0 Å². The lowest BCUT2D eigenvalue weighted by molar-refractivity contribution is -0.118. The van der Waals surface area contributed by atoms with E-state index in [1.165, 1.54) is 14.2 Å². The molecule has 5 rings (SSSR count). The van der Waals surface area contributed by atoms with Crippen LogP contribution in [0.3, 0.4) is 0 Å². The van der Waals surface area contributed by atoms with E-state index >= 15 is 0 Å². The standard InChI is InChI=1S/C33H34N2O8S/c1-5-42-31-24-11-7-8-12-25(24)32(43-6-2)29-26(31)19-35(33(29)37)23-16-14-21(15-17-23)20-44(38,39)34-28(36)18-22-10-9-13-27(40-3)30(22)41-4/h7-17H,5-6,18-20H2,1-4H3,(H,34,36). The van der Waals surface area contributed by atoms with Crippen LogP contribution in [0.15, 0.2) is 66.7 Å². The number of methoxy groups -OCH3 is 2. The zero-order valence-corrected chi connectivity index (χ0v) is 25.8. The Balaban J connectivity index is 1.34. The van der Waals surface area contributed by atoms with Gasteiger partial charge < -0.3 is 23.8 Å². The summed E-state index contributed by atoms with van der Waals surface area (Å²) >= 11 is 0. The number of carbonyl (C=O) groups is 2. The Morgan fingerprint density at radius 3 is 2.14 bits per heavy atom. The topological polar surface area (TPSA) is 120 Å². The van der Waals surface area contributed by atoms with E-state index in [1.54, 1.807) is 47.4 Å². The van der Waals surface area contributed by atoms with Crippen LogP contribution < -0.4 is 28.6 Å². The molecule has 4 aromatic carbocycles. The Morgan fingerprint density at radius 2 is 1.50 bits per heavy atom. The molecule has 0 aromatic heterocycles. The van der Waals surface area contributed by atoms with Gasteiger partial charge in [-0.2, -0.15) is 0 Å². The van der Waals surface area contributed by atoms with Gasteiger partial charge in [-0.25, -0.2) is 8.42 Å². The Kier molecular flexibility index (Phi) is 8.96. The third kappa shape index (κ3) is 6.00. The third-order valence-electron chi connectivity index (χ3n) is 7.28. The molecule has 4 aromatic rings. The zero-order chi connectivity index (χ0) is 31.4. The maximum absolute atomic E-state index is 13.8. The maximum atomic E-state index is 13.8. The fraction of sp³-hybridized carbons (Fsp3) is 0.273. The van der Waals surface area contributed by atoms with Crippen LogP contribution in [-0.4, -0.2) is 47.7 Å². The van der Waals surface area contributed by atoms with Crippen LogP contribution in [0.4, 0.5) is 5.69 Å². The number of benzene rings is 4. The van der Waals surface area contributed by atoms with Gasteiger partial charge in [-0.3, -0.25) is 14.3 Å². The highest BCUT2D eigenvalue weighted by Gasteiger charge is 2.36. The molecule has 1 heterocycles. The number of fused-ring (bicyclic) bond motifs is 2. The molecular weight excluding hydrogens is 584 g/mol. The Morgan fingerprint density at radius 1 is 0.841 bits per heavy atom. The fourth-order valence-electron chi connectivity index (χ4n) is 5.48. The van der Waals surface area contributed by atoms with Crippen molar-refractivity contribution < 1.29 is 37.0 Å². The summed E-state index contributed by atoms with van der Waals surface area (Å²) < 4.78 is 50.5. The number of ether oxygens (including phenoxy) is 4. The quantitative estimate of drug-likeness (QED) is 0.236. The van der Waals surface area contributed by atoms with Gasteiger partial charge in [0.25, 0.3) is 5.91 Å². The van der Waals surface area contributed by atoms with Crippen LogP contribution in [-0.2, 0) is 33.5 Å². The van der Waals surface area contributed by atoms with E-state index < -0.39 is 21.7 Å². The fourth-order valence-corrected chi connectivity index (χ4v) is 6.61. The summed E-state index contributed by atoms with van der Waals surface area (Å²) in [5.74, 6) is 0.647. The van der Waals surface area contributed by atoms with Crippen molar-refractivity contribution in [1.29, 1.82) is 0 Å². The van der Waals surface area contributed by atoms with Gasteiger partial charge in [0.2, 0.25) is 15.9 Å². The lowest BCUT2D eigenvalue weighted by Gasteiger charge is -2.17. The van der Waals surface area contributed by atoms with Crippen molar-refractivity contribution in [2.24, 2.45) is 0 Å². The summed E-state index contributed by atoms with van der Waals surface area (Å²) in [6, 6.07) is 19.4. The molecule has 0 saturated carbocycles. The number of amides is 2. The van der Waals surface area contributed by atoms with Gasteiger partial charge in [-0.05, 0) is 37.6 Å². The summed E-state index contributed by atoms with van der Waals surface area (Å²) in [6.45, 7) is 4.88. The van der Waals surface area contributed by atoms with E-state index in [1.807, 2.05) is 38.1 Å². The van der Waals surface area contributed by atoms with Gasteiger partial charge in [-0.15, -0.1) is 0 Å². The van der Waals surface area contributed by atoms with E-state index in [4.69, 9.17) is 18.9 Å². The van der Waals surface area contributed by atoms with Gasteiger partial charge >= 0.3 is 0 Å². The van der Waals surface area contributed by atoms with E-state index in [0.29, 0.717) is 58.6 Å². The molecule has 0 unspecified atom stereocenters. The summed E-state index contributed by atoms with van der Waals surface area (Å²) in [5, 5.41) is 1.68. The van der Waals surface area contributed by atoms with Gasteiger partial charge in [0.1, 0.15) is 11.5 Å². The van der Waals surface area contributed by atoms with Crippen molar-refractivity contribution in [3.63, 3.8) is 0 Å². The number of carbonyl (C=O) groups excluding carboxylic acids is 2. The predicted molar refractivity (Wildman–Crippen MR) is 167 cm³/mol. The highest BCUT2D eigenvalue weighted by molar-refractivity contribution is 7.89. The number of rotatable bonds is 12. The second-order valence-corrected chi connectivity index (χ2v) is 11.8. The minimum Gasteiger partial charge on any atom is -0.493 e. The second-order valence-electron chi connectivity index (χ2n) is 10.1. The molecule has 0 saturated heterocycles. The first-order valence-electron chi connectivity index (χ1n) is 14.2. The number of hydrogen-bond acceptors (Lipinski definition) is 8. The lowest BCUT2D eigenvalue weighted by atomic mass is 9.99. The van der Waals surface area contributed by atoms with Crippen molar-refractivity contribution in [2.75, 3.05) is 32.3 Å². The number of nitrogens with zero attached hydrogens (tertiary/aromatic N) is 1. The van der Waals surface area contributed by atoms with E-state index in [9.17, 15) is 18.0 Å². The molecule has 0 bridgehead atoms. The van der Waals surface area contributed by atoms with Gasteiger partial charge in [-0.1, -0.05) is 48.5 Å². The highest BCUT2D eigenvalue weighted by atomic mass is 32.2. The van der Waals surface area contributed by atoms with Gasteiger partial charge in [0.15, 0.2) is 11.5 Å². The molecule has 1 aliphatic rings. The average Bonchev–Trinajstić information content (AvgIpc) is 3.35. The molecule has 0 aliphatic carbocycles. The Hall–Kier alpha value is -4.77. The normalized spacial score (nSPS) is 12.6. The first-order chi connectivity index (χ1) is 21.2. The monoisotopic (exact) mass is 618 g/mol. The van der Waals surface area contributed by atoms with E-state index in [0.717, 1.165) is 16.3 Å². The summed E-state index contributed by atoms with van der Waals surface area (Å²) in [6.07, 6.45) is -0.210. The van der Waals surface area contributed by atoms with Gasteiger partial charge in [0.05, 0.1) is 51.7 Å². The van der Waals surface area contributed by atoms with Crippen LogP contribution in [0.5, 0.6) is 23.0 Å². The summed E-state index contributed by atoms with van der Waals surface area (Å²) in [7, 11) is -1.08. The first-order valence-corrected chi connectivity index (χ1v) is 15.8. The molecule has 1 N–H and O–H groups in total. The van der Waals surface area contributed by atoms with Crippen molar-refractivity contribution in [3.8, 4) is 23.0 Å². The number of nitrogens with one attached hydrogen (secondary N) is 1. The second kappa shape index (κ2) is 12.8. The van der Waals surface area contributed by atoms with Crippen LogP contribution in [0.25, 0.3) is 10.8 Å². The smallest absolute Gasteiger partial charge is 0.262 e. The molecular formula is C33H34N2O8S. The lowest BCUT2D eigenvalue weighted by Crippen LogP contribution is -2.32. The molecule has 0 atom stereocenters. The Bertz CT molecular complexity index is 1820. The number of para-hydroxylation sites is 1. The molecule has 10 nitrogen and oxygen atoms in total. The number of hydrogen-bond donors (Lipinski definition) is 1. The maximum Gasteiger partial charge on any atom is 0.262 e. The average molecular weight is 619 g/mol. The number of anilines is 1. The molecule has 11 heteroatoms. The van der Waals surface area contributed by atoms with E-state index in [2.05, 4.69) is 4.72 Å². The minimum absolute atomic E-state index is 0.210. The van der Waals surface area contributed by atoms with Crippen LogP contribution in [0.1, 0.15) is 40.9 Å². The molecule has 1 aliphatic heterocycles. The molecule has 0 radical (unpaired) electrons. The van der Waals surface area contributed by atoms with Crippen molar-refractivity contribution >= 4 is 38.3 Å². The summed E-state index contributed by atoms with van der Waals surface area (Å²) in [5.41, 5.74) is 2.76. The SMILES string of the molecule is CCOc1c2c(c(OCC)c3ccccc13)C(=O)N(c1ccc(CS(=O)(=O)NC(=O)Cc3cccc(OC)c3OC)cc1)C2. The zero-order valence-electron chi connectivity index (χ0n) is 25.0. The van der Waals surface area contributed by atoms with Gasteiger partial charge in [0, 0.05) is 27.6 Å².